The second kappa shape index (κ2) is 21.0. The van der Waals surface area contributed by atoms with Gasteiger partial charge in [0.2, 0.25) is 0 Å². The summed E-state index contributed by atoms with van der Waals surface area (Å²) >= 11 is 0. The van der Waals surface area contributed by atoms with Crippen LogP contribution in [0.3, 0.4) is 0 Å². The Labute approximate surface area is 274 Å². The van der Waals surface area contributed by atoms with Gasteiger partial charge in [0.15, 0.2) is 0 Å². The molecule has 0 saturated carbocycles. The number of rotatable bonds is 5. The van der Waals surface area contributed by atoms with E-state index in [4.69, 9.17) is 5.32 Å². The number of aromatic nitrogens is 2. The first-order valence-electron chi connectivity index (χ1n) is 13.9. The molecule has 214 valence electrons. The first-order chi connectivity index (χ1) is 19.8. The van der Waals surface area contributed by atoms with Gasteiger partial charge in [-0.05, 0) is 17.9 Å². The number of hydrogen-bond acceptors (Lipinski definition) is 2. The van der Waals surface area contributed by atoms with E-state index in [-0.39, 0.29) is 26.2 Å². The van der Waals surface area contributed by atoms with Gasteiger partial charge >= 0.3 is 26.2 Å². The fraction of sp³-hybridized carbons (Fsp3) is 0.184. The van der Waals surface area contributed by atoms with Gasteiger partial charge in [0.05, 0.1) is 0 Å². The fourth-order valence-corrected chi connectivity index (χ4v) is 3.69. The van der Waals surface area contributed by atoms with Gasteiger partial charge in [-0.25, -0.2) is 9.97 Å². The molecule has 5 aromatic rings. The van der Waals surface area contributed by atoms with Crippen molar-refractivity contribution in [3.05, 3.63) is 187 Å². The zero-order valence-electron chi connectivity index (χ0n) is 25.4. The maximum Gasteiger partial charge on any atom is 4.00 e. The van der Waals surface area contributed by atoms with Crippen molar-refractivity contribution in [3.63, 3.8) is 0 Å². The average Bonchev–Trinajstić information content (AvgIpc) is 2.98. The standard InChI is InChI=1S/C17H22N3.3C7H7.Zr/c1-12(2)14-7-5-8-15(13(3)4)17(14)20-11-16-18-9-6-10-19-16;3*1-7-5-3-2-4-6-7;/h5-10,12-13H,11H2,1-4H3;3*2-6H,1H2;/q4*-1;+4. The van der Waals surface area contributed by atoms with Gasteiger partial charge in [-0.15, -0.1) is 42.1 Å². The molecule has 4 heteroatoms. The van der Waals surface area contributed by atoms with E-state index in [1.54, 1.807) is 12.4 Å². The van der Waals surface area contributed by atoms with E-state index in [9.17, 15) is 0 Å². The Kier molecular flexibility index (Phi) is 18.2. The molecule has 0 amide bonds. The topological polar surface area (TPSA) is 39.9 Å². The molecule has 0 saturated heterocycles. The summed E-state index contributed by atoms with van der Waals surface area (Å²) in [6.07, 6.45) is 3.52. The summed E-state index contributed by atoms with van der Waals surface area (Å²) in [7, 11) is 0. The Morgan fingerprint density at radius 3 is 1.17 bits per heavy atom. The first kappa shape index (κ1) is 36.3. The predicted octanol–water partition coefficient (Wildman–Crippen LogP) is 10.5. The Hall–Kier alpha value is -3.75. The van der Waals surface area contributed by atoms with E-state index in [0.717, 1.165) is 28.2 Å². The zero-order chi connectivity index (χ0) is 29.9. The second-order valence-corrected chi connectivity index (χ2v) is 10.0. The van der Waals surface area contributed by atoms with Gasteiger partial charge in [-0.2, -0.15) is 73.9 Å². The van der Waals surface area contributed by atoms with Crippen molar-refractivity contribution in [2.24, 2.45) is 0 Å². The van der Waals surface area contributed by atoms with Crippen LogP contribution in [0.2, 0.25) is 0 Å². The summed E-state index contributed by atoms with van der Waals surface area (Å²) in [4.78, 5) is 8.48. The molecule has 0 fully saturated rings. The van der Waals surface area contributed by atoms with E-state index in [1.807, 2.05) is 97.1 Å². The first-order valence-corrected chi connectivity index (χ1v) is 13.9. The molecule has 0 aliphatic heterocycles. The summed E-state index contributed by atoms with van der Waals surface area (Å²) in [5.41, 5.74) is 6.93. The molecule has 5 rings (SSSR count). The van der Waals surface area contributed by atoms with Crippen LogP contribution >= 0.6 is 0 Å². The minimum atomic E-state index is 0. The summed E-state index contributed by atoms with van der Waals surface area (Å²) in [5.74, 6) is 1.69. The third-order valence-corrected chi connectivity index (χ3v) is 5.87. The SMILES string of the molecule is CC(C)c1cccc(C(C)C)c1[N-]Cc1ncccn1.[CH2-]c1ccccc1.[CH2-]c1ccccc1.[CH2-]c1ccccc1.[Zr+4]. The molecule has 0 atom stereocenters. The van der Waals surface area contributed by atoms with Crippen LogP contribution in [-0.4, -0.2) is 9.97 Å². The molecule has 0 bridgehead atoms. The molecule has 0 N–H and O–H groups in total. The van der Waals surface area contributed by atoms with Crippen LogP contribution in [0, 0.1) is 20.8 Å². The van der Waals surface area contributed by atoms with Crippen molar-refractivity contribution >= 4 is 5.69 Å². The third-order valence-electron chi connectivity index (χ3n) is 5.87. The quantitative estimate of drug-likeness (QED) is 0.181. The minimum Gasteiger partial charge on any atom is -0.678 e. The summed E-state index contributed by atoms with van der Waals surface area (Å²) in [6, 6.07) is 37.9. The molecule has 4 aromatic carbocycles. The smallest absolute Gasteiger partial charge is 0.678 e. The van der Waals surface area contributed by atoms with Gasteiger partial charge in [-0.1, -0.05) is 81.8 Å². The van der Waals surface area contributed by atoms with Crippen LogP contribution < -0.4 is 0 Å². The van der Waals surface area contributed by atoms with Gasteiger partial charge < -0.3 is 5.32 Å². The second-order valence-electron chi connectivity index (χ2n) is 10.0. The molecular formula is C38H43N3Zr. The van der Waals surface area contributed by atoms with Crippen LogP contribution in [0.1, 0.15) is 73.2 Å². The maximum atomic E-state index is 4.79. The van der Waals surface area contributed by atoms with Crippen molar-refractivity contribution in [3.8, 4) is 0 Å². The van der Waals surface area contributed by atoms with E-state index < -0.39 is 0 Å². The summed E-state index contributed by atoms with van der Waals surface area (Å²) < 4.78 is 0. The monoisotopic (exact) mass is 631 g/mol. The summed E-state index contributed by atoms with van der Waals surface area (Å²) in [6.45, 7) is 20.5. The molecule has 0 radical (unpaired) electrons. The average molecular weight is 633 g/mol. The van der Waals surface area contributed by atoms with E-state index in [0.29, 0.717) is 18.4 Å². The van der Waals surface area contributed by atoms with Gasteiger partial charge in [0.25, 0.3) is 0 Å². The van der Waals surface area contributed by atoms with Crippen molar-refractivity contribution in [2.45, 2.75) is 46.1 Å². The maximum absolute atomic E-state index is 4.79. The van der Waals surface area contributed by atoms with Gasteiger partial charge in [-0.3, -0.25) is 0 Å². The van der Waals surface area contributed by atoms with Crippen LogP contribution in [0.15, 0.2) is 128 Å². The van der Waals surface area contributed by atoms with Crippen LogP contribution in [0.4, 0.5) is 5.69 Å². The Morgan fingerprint density at radius 1 is 0.524 bits per heavy atom. The Balaban J connectivity index is 0.000000326. The molecule has 0 unspecified atom stereocenters. The Morgan fingerprint density at radius 2 is 0.881 bits per heavy atom. The van der Waals surface area contributed by atoms with E-state index in [1.165, 1.54) is 11.1 Å². The van der Waals surface area contributed by atoms with Crippen LogP contribution in [-0.2, 0) is 32.7 Å². The third kappa shape index (κ3) is 14.8. The van der Waals surface area contributed by atoms with Crippen molar-refractivity contribution < 1.29 is 26.2 Å². The Bertz CT molecular complexity index is 1230. The van der Waals surface area contributed by atoms with Crippen LogP contribution in [0.5, 0.6) is 0 Å². The van der Waals surface area contributed by atoms with E-state index >= 15 is 0 Å². The van der Waals surface area contributed by atoms with Gasteiger partial charge in [0.1, 0.15) is 5.82 Å². The molecule has 0 aliphatic carbocycles. The molecule has 0 spiro atoms. The zero-order valence-corrected chi connectivity index (χ0v) is 27.9. The molecule has 1 aromatic heterocycles. The minimum absolute atomic E-state index is 0. The van der Waals surface area contributed by atoms with Crippen molar-refractivity contribution in [1.29, 1.82) is 0 Å². The number of nitrogens with zero attached hydrogens (tertiary/aromatic N) is 3. The number of para-hydroxylation sites is 1. The van der Waals surface area contributed by atoms with Gasteiger partial charge in [0, 0.05) is 12.4 Å². The van der Waals surface area contributed by atoms with Crippen molar-refractivity contribution in [1.82, 2.24) is 9.97 Å². The normalized spacial score (nSPS) is 9.57. The molecule has 42 heavy (non-hydrogen) atoms. The fourth-order valence-electron chi connectivity index (χ4n) is 3.69. The van der Waals surface area contributed by atoms with Crippen molar-refractivity contribution in [2.75, 3.05) is 0 Å². The largest absolute Gasteiger partial charge is 4.00 e. The van der Waals surface area contributed by atoms with E-state index in [2.05, 4.69) is 76.6 Å². The molecule has 0 aliphatic rings. The molecule has 3 nitrogen and oxygen atoms in total. The van der Waals surface area contributed by atoms with Crippen LogP contribution in [0.25, 0.3) is 5.32 Å². The predicted molar refractivity (Wildman–Crippen MR) is 176 cm³/mol. The number of hydrogen-bond donors (Lipinski definition) is 0. The molecule has 1 heterocycles. The molecular weight excluding hydrogens is 590 g/mol. The number of benzene rings is 4. The summed E-state index contributed by atoms with van der Waals surface area (Å²) in [5, 5.41) is 4.79.